The van der Waals surface area contributed by atoms with Crippen molar-refractivity contribution in [3.05, 3.63) is 45.8 Å². The lowest BCUT2D eigenvalue weighted by Crippen LogP contribution is -2.25. The highest BCUT2D eigenvalue weighted by Gasteiger charge is 2.39. The molecule has 9 heteroatoms. The number of nitrogens with zero attached hydrogens (tertiary/aromatic N) is 5. The molecule has 3 aromatic heterocycles. The van der Waals surface area contributed by atoms with Gasteiger partial charge in [-0.25, -0.2) is 4.98 Å². The van der Waals surface area contributed by atoms with Crippen molar-refractivity contribution in [1.29, 1.82) is 0 Å². The number of benzene rings is 1. The van der Waals surface area contributed by atoms with E-state index in [1.165, 1.54) is 0 Å². The third-order valence-electron chi connectivity index (χ3n) is 5.31. The largest absolute Gasteiger partial charge is 0.383 e. The Bertz CT molecular complexity index is 1260. The normalized spacial score (nSPS) is 19.0. The predicted molar refractivity (Wildman–Crippen MR) is 104 cm³/mol. The summed E-state index contributed by atoms with van der Waals surface area (Å²) in [4.78, 5) is 22.3. The average Bonchev–Trinajstić information content (AvgIpc) is 3.10. The van der Waals surface area contributed by atoms with E-state index in [9.17, 15) is 4.79 Å². The van der Waals surface area contributed by atoms with Crippen molar-refractivity contribution < 1.29 is 9.26 Å². The highest BCUT2D eigenvalue weighted by atomic mass is 35.5. The van der Waals surface area contributed by atoms with E-state index in [0.717, 1.165) is 11.9 Å². The van der Waals surface area contributed by atoms with Crippen LogP contribution in [0.1, 0.15) is 25.2 Å². The molecule has 144 valence electrons. The first-order valence-corrected chi connectivity index (χ1v) is 9.49. The third-order valence-corrected chi connectivity index (χ3v) is 5.61. The van der Waals surface area contributed by atoms with Gasteiger partial charge in [0, 0.05) is 19.6 Å². The summed E-state index contributed by atoms with van der Waals surface area (Å²) in [6, 6.07) is 5.50. The van der Waals surface area contributed by atoms with Crippen LogP contribution in [0.5, 0.6) is 0 Å². The maximum absolute atomic E-state index is 13.4. The van der Waals surface area contributed by atoms with Crippen LogP contribution in [-0.2, 0) is 11.3 Å². The van der Waals surface area contributed by atoms with Crippen molar-refractivity contribution in [3.8, 4) is 11.5 Å². The first kappa shape index (κ1) is 17.4. The SMILES string of the molecule is COCCn1c(=O)c2c(-c3noc(C4CC4C)n3)ncn2c2cccc(Cl)c21. The number of ether oxygens (including phenoxy) is 1. The number of hydrogen-bond donors (Lipinski definition) is 0. The standard InChI is InChI=1S/C19H18ClN5O3/c1-10-8-11(10)18-22-17(23-28-18)14-16-19(26)24(6-7-27-2)15-12(20)4-3-5-13(15)25(16)9-21-14/h3-5,9-11H,6-8H2,1-2H3. The van der Waals surface area contributed by atoms with Gasteiger partial charge in [-0.1, -0.05) is 29.7 Å². The van der Waals surface area contributed by atoms with E-state index < -0.39 is 0 Å². The zero-order valence-corrected chi connectivity index (χ0v) is 16.2. The van der Waals surface area contributed by atoms with Crippen molar-refractivity contribution >= 4 is 28.2 Å². The van der Waals surface area contributed by atoms with E-state index in [1.807, 2.05) is 12.1 Å². The topological polar surface area (TPSA) is 87.5 Å². The molecule has 0 N–H and O–H groups in total. The summed E-state index contributed by atoms with van der Waals surface area (Å²) in [6.07, 6.45) is 2.64. The molecule has 0 aliphatic heterocycles. The maximum atomic E-state index is 13.4. The van der Waals surface area contributed by atoms with Crippen LogP contribution in [0.25, 0.3) is 28.1 Å². The van der Waals surface area contributed by atoms with Crippen LogP contribution in [0.3, 0.4) is 0 Å². The Hall–Kier alpha value is -2.71. The summed E-state index contributed by atoms with van der Waals surface area (Å²) in [6.45, 7) is 2.89. The smallest absolute Gasteiger partial charge is 0.277 e. The van der Waals surface area contributed by atoms with E-state index in [-0.39, 0.29) is 5.56 Å². The lowest BCUT2D eigenvalue weighted by Gasteiger charge is -2.13. The molecular formula is C19H18ClN5O3. The van der Waals surface area contributed by atoms with Gasteiger partial charge in [0.25, 0.3) is 5.56 Å². The van der Waals surface area contributed by atoms with E-state index >= 15 is 0 Å². The van der Waals surface area contributed by atoms with Gasteiger partial charge in [-0.15, -0.1) is 0 Å². The summed E-state index contributed by atoms with van der Waals surface area (Å²) in [7, 11) is 1.59. The summed E-state index contributed by atoms with van der Waals surface area (Å²) >= 11 is 6.42. The van der Waals surface area contributed by atoms with Gasteiger partial charge in [0.15, 0.2) is 0 Å². The Labute approximate surface area is 164 Å². The fraction of sp³-hybridized carbons (Fsp3) is 0.368. The first-order valence-electron chi connectivity index (χ1n) is 9.11. The molecule has 2 atom stereocenters. The van der Waals surface area contributed by atoms with Crippen molar-refractivity contribution in [2.75, 3.05) is 13.7 Å². The summed E-state index contributed by atoms with van der Waals surface area (Å²) in [5.74, 6) is 1.78. The molecule has 1 aliphatic carbocycles. The second-order valence-corrected chi connectivity index (χ2v) is 7.55. The first-order chi connectivity index (χ1) is 13.6. The number of aromatic nitrogens is 5. The lowest BCUT2D eigenvalue weighted by atomic mass is 10.2. The van der Waals surface area contributed by atoms with Gasteiger partial charge in [0.05, 0.1) is 22.7 Å². The monoisotopic (exact) mass is 399 g/mol. The molecule has 28 heavy (non-hydrogen) atoms. The minimum absolute atomic E-state index is 0.226. The number of hydrogen-bond acceptors (Lipinski definition) is 6. The minimum Gasteiger partial charge on any atom is -0.383 e. The van der Waals surface area contributed by atoms with Gasteiger partial charge in [-0.05, 0) is 24.5 Å². The van der Waals surface area contributed by atoms with E-state index in [1.54, 1.807) is 28.5 Å². The molecule has 0 amide bonds. The molecule has 0 radical (unpaired) electrons. The average molecular weight is 400 g/mol. The van der Waals surface area contributed by atoms with Crippen LogP contribution in [0.4, 0.5) is 0 Å². The van der Waals surface area contributed by atoms with Gasteiger partial charge in [-0.3, -0.25) is 9.20 Å². The Morgan fingerprint density at radius 2 is 2.18 bits per heavy atom. The molecule has 0 spiro atoms. The fourth-order valence-electron chi connectivity index (χ4n) is 3.64. The Balaban J connectivity index is 1.76. The number of methoxy groups -OCH3 is 1. The quantitative estimate of drug-likeness (QED) is 0.512. The van der Waals surface area contributed by atoms with Crippen molar-refractivity contribution in [3.63, 3.8) is 0 Å². The van der Waals surface area contributed by atoms with Crippen molar-refractivity contribution in [1.82, 2.24) is 24.1 Å². The zero-order valence-electron chi connectivity index (χ0n) is 15.4. The highest BCUT2D eigenvalue weighted by Crippen LogP contribution is 2.46. The summed E-state index contributed by atoms with van der Waals surface area (Å²) < 4.78 is 13.9. The van der Waals surface area contributed by atoms with E-state index in [4.69, 9.17) is 20.9 Å². The maximum Gasteiger partial charge on any atom is 0.277 e. The summed E-state index contributed by atoms with van der Waals surface area (Å²) in [5, 5.41) is 4.57. The molecule has 1 saturated carbocycles. The van der Waals surface area contributed by atoms with Crippen molar-refractivity contribution in [2.24, 2.45) is 5.92 Å². The molecule has 1 aliphatic rings. The second kappa shape index (κ2) is 6.42. The molecule has 1 aromatic carbocycles. The lowest BCUT2D eigenvalue weighted by molar-refractivity contribution is 0.187. The van der Waals surface area contributed by atoms with Crippen LogP contribution in [0, 0.1) is 5.92 Å². The number of rotatable bonds is 5. The Morgan fingerprint density at radius 1 is 1.36 bits per heavy atom. The van der Waals surface area contributed by atoms with Crippen molar-refractivity contribution in [2.45, 2.75) is 25.8 Å². The second-order valence-electron chi connectivity index (χ2n) is 7.14. The fourth-order valence-corrected chi connectivity index (χ4v) is 3.91. The van der Waals surface area contributed by atoms with Crippen LogP contribution >= 0.6 is 11.6 Å². The van der Waals surface area contributed by atoms with Gasteiger partial charge >= 0.3 is 0 Å². The molecule has 4 aromatic rings. The van der Waals surface area contributed by atoms with Gasteiger partial charge in [0.2, 0.25) is 11.7 Å². The van der Waals surface area contributed by atoms with Gasteiger partial charge in [-0.2, -0.15) is 4.98 Å². The van der Waals surface area contributed by atoms with E-state index in [0.29, 0.717) is 58.5 Å². The number of imidazole rings is 1. The third kappa shape index (κ3) is 2.56. The molecule has 0 saturated heterocycles. The molecule has 5 rings (SSSR count). The molecule has 8 nitrogen and oxygen atoms in total. The minimum atomic E-state index is -0.226. The zero-order chi connectivity index (χ0) is 19.4. The van der Waals surface area contributed by atoms with Gasteiger partial charge < -0.3 is 13.8 Å². The van der Waals surface area contributed by atoms with Crippen LogP contribution in [0.2, 0.25) is 5.02 Å². The molecule has 0 bridgehead atoms. The van der Waals surface area contributed by atoms with Gasteiger partial charge in [0.1, 0.15) is 17.5 Å². The summed E-state index contributed by atoms with van der Waals surface area (Å²) in [5.41, 5.74) is 1.99. The van der Waals surface area contributed by atoms with Crippen LogP contribution < -0.4 is 5.56 Å². The number of para-hydroxylation sites is 1. The molecule has 1 fully saturated rings. The molecule has 2 unspecified atom stereocenters. The Kier molecular flexibility index (Phi) is 3.99. The van der Waals surface area contributed by atoms with Crippen LogP contribution in [0.15, 0.2) is 33.8 Å². The van der Waals surface area contributed by atoms with E-state index in [2.05, 4.69) is 22.0 Å². The van der Waals surface area contributed by atoms with Crippen LogP contribution in [-0.4, -0.2) is 37.8 Å². The predicted octanol–water partition coefficient (Wildman–Crippen LogP) is 3.12. The molecule has 3 heterocycles. The molecular weight excluding hydrogens is 382 g/mol. The number of fused-ring (bicyclic) bond motifs is 3. The Morgan fingerprint density at radius 3 is 2.93 bits per heavy atom. The highest BCUT2D eigenvalue weighted by molar-refractivity contribution is 6.35. The number of halogens is 1.